The van der Waals surface area contributed by atoms with Gasteiger partial charge in [0.2, 0.25) is 10.0 Å². The van der Waals surface area contributed by atoms with Crippen molar-refractivity contribution in [3.63, 3.8) is 0 Å². The van der Waals surface area contributed by atoms with E-state index in [-0.39, 0.29) is 11.3 Å². The van der Waals surface area contributed by atoms with Gasteiger partial charge >= 0.3 is 0 Å². The molecule has 2 atom stereocenters. The van der Waals surface area contributed by atoms with Crippen LogP contribution in [0.4, 0.5) is 0 Å². The van der Waals surface area contributed by atoms with Crippen molar-refractivity contribution < 1.29 is 8.42 Å². The second-order valence-corrected chi connectivity index (χ2v) is 7.13. The predicted molar refractivity (Wildman–Crippen MR) is 58.0 cm³/mol. The number of rotatable bonds is 2. The largest absolute Gasteiger partial charge is 0.315 e. The summed E-state index contributed by atoms with van der Waals surface area (Å²) in [5.74, 6) is 0.611. The molecule has 1 saturated carbocycles. The Labute approximate surface area is 91.1 Å². The fourth-order valence-corrected chi connectivity index (χ4v) is 5.00. The lowest BCUT2D eigenvalue weighted by Crippen LogP contribution is -2.48. The SMILES string of the molecule is O=S(=O)(C1CC1)N1CC[C@H]2CCNC[C@H]21. The fourth-order valence-electron chi connectivity index (χ4n) is 2.90. The Hall–Kier alpha value is -0.130. The third-order valence-electron chi connectivity index (χ3n) is 3.95. The summed E-state index contributed by atoms with van der Waals surface area (Å²) in [5.41, 5.74) is 0. The summed E-state index contributed by atoms with van der Waals surface area (Å²) in [5, 5.41) is 3.27. The molecule has 86 valence electrons. The molecule has 15 heavy (non-hydrogen) atoms. The van der Waals surface area contributed by atoms with Crippen LogP contribution in [0, 0.1) is 5.92 Å². The van der Waals surface area contributed by atoms with E-state index < -0.39 is 10.0 Å². The Morgan fingerprint density at radius 3 is 2.67 bits per heavy atom. The Morgan fingerprint density at radius 1 is 1.13 bits per heavy atom. The Kier molecular flexibility index (Phi) is 2.30. The average Bonchev–Trinajstić information content (AvgIpc) is 2.98. The minimum Gasteiger partial charge on any atom is -0.315 e. The molecule has 4 nitrogen and oxygen atoms in total. The molecule has 1 aliphatic carbocycles. The number of hydrogen-bond donors (Lipinski definition) is 1. The third-order valence-corrected chi connectivity index (χ3v) is 6.37. The summed E-state index contributed by atoms with van der Waals surface area (Å²) in [6.07, 6.45) is 3.97. The van der Waals surface area contributed by atoms with Crippen LogP contribution in [-0.4, -0.2) is 43.6 Å². The van der Waals surface area contributed by atoms with E-state index in [2.05, 4.69) is 5.32 Å². The number of nitrogens with one attached hydrogen (secondary N) is 1. The molecule has 2 aliphatic heterocycles. The predicted octanol–water partition coefficient (Wildman–Crippen LogP) is 0.162. The molecule has 0 bridgehead atoms. The first-order chi connectivity index (χ1) is 7.19. The topological polar surface area (TPSA) is 49.4 Å². The second-order valence-electron chi connectivity index (χ2n) is 4.96. The summed E-state index contributed by atoms with van der Waals surface area (Å²) in [6, 6.07) is 0.254. The van der Waals surface area contributed by atoms with E-state index in [1.54, 1.807) is 4.31 Å². The molecule has 2 heterocycles. The molecule has 1 N–H and O–H groups in total. The van der Waals surface area contributed by atoms with Crippen LogP contribution >= 0.6 is 0 Å². The second kappa shape index (κ2) is 3.43. The summed E-state index contributed by atoms with van der Waals surface area (Å²) in [7, 11) is -2.94. The lowest BCUT2D eigenvalue weighted by molar-refractivity contribution is 0.275. The zero-order chi connectivity index (χ0) is 10.5. The Balaban J connectivity index is 1.81. The van der Waals surface area contributed by atoms with Crippen LogP contribution in [-0.2, 0) is 10.0 Å². The van der Waals surface area contributed by atoms with Crippen molar-refractivity contribution >= 4 is 10.0 Å². The summed E-state index contributed by atoms with van der Waals surface area (Å²) >= 11 is 0. The summed E-state index contributed by atoms with van der Waals surface area (Å²) in [4.78, 5) is 0. The number of nitrogens with zero attached hydrogens (tertiary/aromatic N) is 1. The van der Waals surface area contributed by atoms with Crippen LogP contribution in [0.15, 0.2) is 0 Å². The van der Waals surface area contributed by atoms with Crippen molar-refractivity contribution in [1.29, 1.82) is 0 Å². The first-order valence-electron chi connectivity index (χ1n) is 5.91. The van der Waals surface area contributed by atoms with E-state index in [9.17, 15) is 8.42 Å². The third kappa shape index (κ3) is 1.61. The van der Waals surface area contributed by atoms with Crippen molar-refractivity contribution in [2.75, 3.05) is 19.6 Å². The summed E-state index contributed by atoms with van der Waals surface area (Å²) < 4.78 is 26.1. The van der Waals surface area contributed by atoms with Gasteiger partial charge in [0, 0.05) is 19.1 Å². The van der Waals surface area contributed by atoms with E-state index in [1.165, 1.54) is 0 Å². The van der Waals surface area contributed by atoms with Gasteiger partial charge in [-0.05, 0) is 38.1 Å². The number of piperidine rings is 1. The molecule has 0 amide bonds. The van der Waals surface area contributed by atoms with E-state index in [1.807, 2.05) is 0 Å². The van der Waals surface area contributed by atoms with Crippen molar-refractivity contribution in [1.82, 2.24) is 9.62 Å². The summed E-state index contributed by atoms with van der Waals surface area (Å²) in [6.45, 7) is 2.67. The molecule has 0 aromatic heterocycles. The lowest BCUT2D eigenvalue weighted by atomic mass is 9.94. The van der Waals surface area contributed by atoms with Gasteiger partial charge in [0.25, 0.3) is 0 Å². The Morgan fingerprint density at radius 2 is 1.93 bits per heavy atom. The lowest BCUT2D eigenvalue weighted by Gasteiger charge is -2.31. The van der Waals surface area contributed by atoms with Crippen LogP contribution in [0.5, 0.6) is 0 Å². The van der Waals surface area contributed by atoms with E-state index in [0.717, 1.165) is 45.3 Å². The standard InChI is InChI=1S/C10H18N2O2S/c13-15(14,9-1-2-9)12-6-4-8-3-5-11-7-10(8)12/h8-11H,1-7H2/t8-,10-/m1/s1. The molecular formula is C10H18N2O2S. The molecule has 0 spiro atoms. The van der Waals surface area contributed by atoms with Crippen LogP contribution < -0.4 is 5.32 Å². The number of hydrogen-bond acceptors (Lipinski definition) is 3. The fraction of sp³-hybridized carbons (Fsp3) is 1.00. The first kappa shape index (κ1) is 10.1. The van der Waals surface area contributed by atoms with Crippen molar-refractivity contribution in [3.8, 4) is 0 Å². The van der Waals surface area contributed by atoms with Gasteiger partial charge in [-0.1, -0.05) is 0 Å². The molecule has 3 fully saturated rings. The van der Waals surface area contributed by atoms with E-state index in [4.69, 9.17) is 0 Å². The van der Waals surface area contributed by atoms with Gasteiger partial charge < -0.3 is 5.32 Å². The van der Waals surface area contributed by atoms with Crippen LogP contribution in [0.2, 0.25) is 0 Å². The minimum absolute atomic E-state index is 0.0434. The molecule has 0 aromatic carbocycles. The highest BCUT2D eigenvalue weighted by molar-refractivity contribution is 7.90. The molecule has 3 rings (SSSR count). The van der Waals surface area contributed by atoms with Gasteiger partial charge in [0.1, 0.15) is 0 Å². The Bertz CT molecular complexity index is 350. The number of sulfonamides is 1. The molecule has 5 heteroatoms. The van der Waals surface area contributed by atoms with Crippen molar-refractivity contribution in [3.05, 3.63) is 0 Å². The first-order valence-corrected chi connectivity index (χ1v) is 7.41. The molecule has 0 aromatic rings. The smallest absolute Gasteiger partial charge is 0.217 e. The van der Waals surface area contributed by atoms with Gasteiger partial charge in [-0.2, -0.15) is 4.31 Å². The zero-order valence-corrected chi connectivity index (χ0v) is 9.67. The molecular weight excluding hydrogens is 212 g/mol. The van der Waals surface area contributed by atoms with Crippen LogP contribution in [0.1, 0.15) is 25.7 Å². The normalized spacial score (nSPS) is 37.9. The highest BCUT2D eigenvalue weighted by Crippen LogP contribution is 2.38. The minimum atomic E-state index is -2.94. The van der Waals surface area contributed by atoms with Crippen LogP contribution in [0.3, 0.4) is 0 Å². The van der Waals surface area contributed by atoms with Crippen molar-refractivity contribution in [2.45, 2.75) is 37.0 Å². The van der Waals surface area contributed by atoms with Crippen LogP contribution in [0.25, 0.3) is 0 Å². The highest BCUT2D eigenvalue weighted by Gasteiger charge is 2.47. The van der Waals surface area contributed by atoms with Gasteiger partial charge in [-0.25, -0.2) is 8.42 Å². The zero-order valence-electron chi connectivity index (χ0n) is 8.85. The molecule has 0 unspecified atom stereocenters. The maximum atomic E-state index is 12.1. The quantitative estimate of drug-likeness (QED) is 0.735. The van der Waals surface area contributed by atoms with Gasteiger partial charge in [0.15, 0.2) is 0 Å². The van der Waals surface area contributed by atoms with E-state index >= 15 is 0 Å². The molecule has 3 aliphatic rings. The monoisotopic (exact) mass is 230 g/mol. The molecule has 0 radical (unpaired) electrons. The van der Waals surface area contributed by atoms with Gasteiger partial charge in [0.05, 0.1) is 5.25 Å². The molecule has 2 saturated heterocycles. The van der Waals surface area contributed by atoms with Crippen molar-refractivity contribution in [2.24, 2.45) is 5.92 Å². The maximum absolute atomic E-state index is 12.1. The number of fused-ring (bicyclic) bond motifs is 1. The van der Waals surface area contributed by atoms with Gasteiger partial charge in [-0.15, -0.1) is 0 Å². The van der Waals surface area contributed by atoms with Gasteiger partial charge in [-0.3, -0.25) is 0 Å². The van der Waals surface area contributed by atoms with E-state index in [0.29, 0.717) is 5.92 Å². The maximum Gasteiger partial charge on any atom is 0.217 e. The highest BCUT2D eigenvalue weighted by atomic mass is 32.2. The average molecular weight is 230 g/mol.